The topological polar surface area (TPSA) is 37.4 Å². The number of carbonyl (C=O) groups excluding carboxylic acids is 2. The maximum absolute atomic E-state index is 12.3. The SMILES string of the molecule is CN(C(=O)c1ccccc1)C1CCCCC(=O)C1. The van der Waals surface area contributed by atoms with E-state index in [4.69, 9.17) is 0 Å². The molecule has 3 nitrogen and oxygen atoms in total. The molecule has 1 aliphatic rings. The van der Waals surface area contributed by atoms with Crippen LogP contribution in [0.1, 0.15) is 42.5 Å². The van der Waals surface area contributed by atoms with Gasteiger partial charge in [0.05, 0.1) is 0 Å². The van der Waals surface area contributed by atoms with Crippen LogP contribution in [-0.4, -0.2) is 29.7 Å². The maximum Gasteiger partial charge on any atom is 0.253 e. The fraction of sp³-hybridized carbons (Fsp3) is 0.467. The third-order valence-corrected chi connectivity index (χ3v) is 3.60. The first-order chi connectivity index (χ1) is 8.68. The van der Waals surface area contributed by atoms with Crippen molar-refractivity contribution in [3.8, 4) is 0 Å². The van der Waals surface area contributed by atoms with Crippen molar-refractivity contribution in [2.24, 2.45) is 0 Å². The van der Waals surface area contributed by atoms with Gasteiger partial charge >= 0.3 is 0 Å². The molecule has 3 heteroatoms. The van der Waals surface area contributed by atoms with E-state index in [1.54, 1.807) is 11.9 Å². The van der Waals surface area contributed by atoms with Gasteiger partial charge in [-0.1, -0.05) is 24.6 Å². The minimum atomic E-state index is 0.00954. The van der Waals surface area contributed by atoms with Crippen LogP contribution in [-0.2, 0) is 4.79 Å². The van der Waals surface area contributed by atoms with Crippen LogP contribution < -0.4 is 0 Å². The lowest BCUT2D eigenvalue weighted by Crippen LogP contribution is -2.37. The number of ketones is 1. The van der Waals surface area contributed by atoms with E-state index in [2.05, 4.69) is 0 Å². The molecule has 1 unspecified atom stereocenters. The fourth-order valence-corrected chi connectivity index (χ4v) is 2.45. The largest absolute Gasteiger partial charge is 0.338 e. The molecule has 0 spiro atoms. The van der Waals surface area contributed by atoms with Crippen molar-refractivity contribution in [3.63, 3.8) is 0 Å². The second-order valence-corrected chi connectivity index (χ2v) is 4.92. The number of amides is 1. The molecule has 96 valence electrons. The Bertz CT molecular complexity index is 427. The van der Waals surface area contributed by atoms with Gasteiger partial charge in [0.1, 0.15) is 5.78 Å². The van der Waals surface area contributed by atoms with Gasteiger partial charge in [0, 0.05) is 31.5 Å². The molecule has 1 aromatic carbocycles. The summed E-state index contributed by atoms with van der Waals surface area (Å²) in [5, 5.41) is 0. The van der Waals surface area contributed by atoms with E-state index in [9.17, 15) is 9.59 Å². The van der Waals surface area contributed by atoms with Gasteiger partial charge in [-0.25, -0.2) is 0 Å². The molecule has 1 amide bonds. The zero-order valence-corrected chi connectivity index (χ0v) is 10.8. The first-order valence-corrected chi connectivity index (χ1v) is 6.52. The van der Waals surface area contributed by atoms with E-state index in [0.29, 0.717) is 18.4 Å². The van der Waals surface area contributed by atoms with E-state index in [0.717, 1.165) is 19.3 Å². The summed E-state index contributed by atoms with van der Waals surface area (Å²) in [6.07, 6.45) is 4.10. The number of benzene rings is 1. The predicted octanol–water partition coefficient (Wildman–Crippen LogP) is 2.66. The highest BCUT2D eigenvalue weighted by molar-refractivity contribution is 5.94. The summed E-state index contributed by atoms with van der Waals surface area (Å²) >= 11 is 0. The van der Waals surface area contributed by atoms with Gasteiger partial charge in [-0.3, -0.25) is 9.59 Å². The van der Waals surface area contributed by atoms with E-state index >= 15 is 0 Å². The van der Waals surface area contributed by atoms with Crippen LogP contribution in [0.4, 0.5) is 0 Å². The lowest BCUT2D eigenvalue weighted by atomic mass is 10.1. The van der Waals surface area contributed by atoms with Crippen molar-refractivity contribution >= 4 is 11.7 Å². The van der Waals surface area contributed by atoms with Crippen molar-refractivity contribution in [2.75, 3.05) is 7.05 Å². The molecule has 1 aliphatic carbocycles. The summed E-state index contributed by atoms with van der Waals surface area (Å²) < 4.78 is 0. The Labute approximate surface area is 108 Å². The van der Waals surface area contributed by atoms with Crippen molar-refractivity contribution in [1.82, 2.24) is 4.90 Å². The zero-order valence-electron chi connectivity index (χ0n) is 10.8. The molecule has 0 radical (unpaired) electrons. The van der Waals surface area contributed by atoms with Crippen LogP contribution in [0.2, 0.25) is 0 Å². The van der Waals surface area contributed by atoms with Gasteiger partial charge in [0.25, 0.3) is 5.91 Å². The van der Waals surface area contributed by atoms with E-state index in [1.807, 2.05) is 30.3 Å². The first kappa shape index (κ1) is 12.8. The molecule has 1 fully saturated rings. The summed E-state index contributed by atoms with van der Waals surface area (Å²) in [6, 6.07) is 9.31. The average Bonchev–Trinajstić information content (AvgIpc) is 2.63. The zero-order chi connectivity index (χ0) is 13.0. The molecule has 1 atom stereocenters. The summed E-state index contributed by atoms with van der Waals surface area (Å²) in [4.78, 5) is 25.6. The van der Waals surface area contributed by atoms with Gasteiger partial charge < -0.3 is 4.90 Å². The van der Waals surface area contributed by atoms with Crippen molar-refractivity contribution in [2.45, 2.75) is 38.1 Å². The molecular weight excluding hydrogens is 226 g/mol. The predicted molar refractivity (Wildman–Crippen MR) is 70.4 cm³/mol. The molecule has 1 saturated carbocycles. The summed E-state index contributed by atoms with van der Waals surface area (Å²) in [5.41, 5.74) is 0.691. The number of rotatable bonds is 2. The Kier molecular flexibility index (Phi) is 4.13. The van der Waals surface area contributed by atoms with Crippen LogP contribution in [0, 0.1) is 0 Å². The highest BCUT2D eigenvalue weighted by atomic mass is 16.2. The van der Waals surface area contributed by atoms with E-state index < -0.39 is 0 Å². The Hall–Kier alpha value is -1.64. The highest BCUT2D eigenvalue weighted by Gasteiger charge is 2.25. The fourth-order valence-electron chi connectivity index (χ4n) is 2.45. The van der Waals surface area contributed by atoms with Crippen LogP contribution in [0.25, 0.3) is 0 Å². The van der Waals surface area contributed by atoms with Gasteiger partial charge in [-0.05, 0) is 25.0 Å². The molecular formula is C15H19NO2. The number of hydrogen-bond acceptors (Lipinski definition) is 2. The molecule has 0 aliphatic heterocycles. The Morgan fingerprint density at radius 3 is 2.67 bits per heavy atom. The summed E-state index contributed by atoms with van der Waals surface area (Å²) in [5.74, 6) is 0.292. The molecule has 18 heavy (non-hydrogen) atoms. The monoisotopic (exact) mass is 245 g/mol. The third kappa shape index (κ3) is 2.97. The smallest absolute Gasteiger partial charge is 0.253 e. The molecule has 0 N–H and O–H groups in total. The summed E-state index contributed by atoms with van der Waals surface area (Å²) in [7, 11) is 1.80. The quantitative estimate of drug-likeness (QED) is 0.751. The van der Waals surface area contributed by atoms with Crippen LogP contribution in [0.15, 0.2) is 30.3 Å². The van der Waals surface area contributed by atoms with Crippen LogP contribution in [0.5, 0.6) is 0 Å². The Balaban J connectivity index is 2.08. The third-order valence-electron chi connectivity index (χ3n) is 3.60. The van der Waals surface area contributed by atoms with Crippen molar-refractivity contribution < 1.29 is 9.59 Å². The van der Waals surface area contributed by atoms with Gasteiger partial charge in [-0.2, -0.15) is 0 Å². The minimum Gasteiger partial charge on any atom is -0.338 e. The number of carbonyl (C=O) groups is 2. The molecule has 0 heterocycles. The average molecular weight is 245 g/mol. The van der Waals surface area contributed by atoms with Crippen LogP contribution >= 0.6 is 0 Å². The normalized spacial score (nSPS) is 20.3. The van der Waals surface area contributed by atoms with E-state index in [-0.39, 0.29) is 17.7 Å². The second kappa shape index (κ2) is 5.80. The maximum atomic E-state index is 12.3. The molecule has 2 rings (SSSR count). The second-order valence-electron chi connectivity index (χ2n) is 4.92. The standard InChI is InChI=1S/C15H19NO2/c1-16(13-9-5-6-10-14(17)11-13)15(18)12-7-3-2-4-8-12/h2-4,7-8,13H,5-6,9-11H2,1H3. The molecule has 0 bridgehead atoms. The molecule has 0 aromatic heterocycles. The first-order valence-electron chi connectivity index (χ1n) is 6.52. The Morgan fingerprint density at radius 1 is 1.22 bits per heavy atom. The number of nitrogens with zero attached hydrogens (tertiary/aromatic N) is 1. The van der Waals surface area contributed by atoms with Gasteiger partial charge in [0.2, 0.25) is 0 Å². The number of Topliss-reactive ketones (excluding diaryl/α,β-unsaturated/α-hetero) is 1. The van der Waals surface area contributed by atoms with E-state index in [1.165, 1.54) is 0 Å². The molecule has 0 saturated heterocycles. The van der Waals surface area contributed by atoms with Crippen LogP contribution in [0.3, 0.4) is 0 Å². The lowest BCUT2D eigenvalue weighted by Gasteiger charge is -2.26. The Morgan fingerprint density at radius 2 is 1.94 bits per heavy atom. The van der Waals surface area contributed by atoms with Gasteiger partial charge in [0.15, 0.2) is 0 Å². The molecule has 1 aromatic rings. The van der Waals surface area contributed by atoms with Gasteiger partial charge in [-0.15, -0.1) is 0 Å². The van der Waals surface area contributed by atoms with Crippen molar-refractivity contribution in [1.29, 1.82) is 0 Å². The van der Waals surface area contributed by atoms with Crippen molar-refractivity contribution in [3.05, 3.63) is 35.9 Å². The number of hydrogen-bond donors (Lipinski definition) is 0. The highest BCUT2D eigenvalue weighted by Crippen LogP contribution is 2.20. The summed E-state index contributed by atoms with van der Waals surface area (Å²) in [6.45, 7) is 0. The minimum absolute atomic E-state index is 0.00954. The lowest BCUT2D eigenvalue weighted by molar-refractivity contribution is -0.119.